The van der Waals surface area contributed by atoms with E-state index in [1.807, 2.05) is 18.2 Å². The van der Waals surface area contributed by atoms with E-state index < -0.39 is 0 Å². The molecule has 0 saturated carbocycles. The highest BCUT2D eigenvalue weighted by atomic mass is 16.5. The van der Waals surface area contributed by atoms with Crippen LogP contribution in [0.1, 0.15) is 66.4 Å². The number of esters is 1. The molecule has 0 spiro atoms. The van der Waals surface area contributed by atoms with Gasteiger partial charge < -0.3 is 4.74 Å². The third-order valence-electron chi connectivity index (χ3n) is 4.59. The van der Waals surface area contributed by atoms with Crippen molar-refractivity contribution in [1.29, 1.82) is 0 Å². The topological polar surface area (TPSA) is 26.3 Å². The van der Waals surface area contributed by atoms with Gasteiger partial charge in [-0.1, -0.05) is 36.6 Å². The summed E-state index contributed by atoms with van der Waals surface area (Å²) >= 11 is 0. The first-order valence-corrected chi connectivity index (χ1v) is 8.44. The van der Waals surface area contributed by atoms with Crippen molar-refractivity contribution >= 4 is 5.97 Å². The Morgan fingerprint density at radius 3 is 2.68 bits per heavy atom. The first kappa shape index (κ1) is 15.1. The number of benzene rings is 1. The molecule has 0 atom stereocenters. The summed E-state index contributed by atoms with van der Waals surface area (Å²) in [5.41, 5.74) is 4.38. The van der Waals surface area contributed by atoms with Crippen LogP contribution in [0.25, 0.3) is 0 Å². The van der Waals surface area contributed by atoms with Crippen LogP contribution in [0.4, 0.5) is 0 Å². The van der Waals surface area contributed by atoms with Crippen molar-refractivity contribution in [2.45, 2.75) is 58.3 Å². The van der Waals surface area contributed by atoms with Gasteiger partial charge >= 0.3 is 5.97 Å². The third kappa shape index (κ3) is 3.49. The summed E-state index contributed by atoms with van der Waals surface area (Å²) in [6, 6.07) is 6.05. The van der Waals surface area contributed by atoms with E-state index in [9.17, 15) is 4.79 Å². The van der Waals surface area contributed by atoms with Crippen molar-refractivity contribution in [2.75, 3.05) is 0 Å². The maximum atomic E-state index is 12.6. The maximum Gasteiger partial charge on any atom is 0.343 e. The van der Waals surface area contributed by atoms with Crippen LogP contribution in [0.2, 0.25) is 0 Å². The number of hydrogen-bond acceptors (Lipinski definition) is 2. The number of aryl methyl sites for hydroxylation is 2. The SMILES string of the molecule is Cc1ccc2c(c1)CCCCCCC1=C(C=CCC1)OC2=O. The molecule has 0 unspecified atom stereocenters. The average Bonchev–Trinajstić information content (AvgIpc) is 2.51. The third-order valence-corrected chi connectivity index (χ3v) is 4.59. The molecule has 22 heavy (non-hydrogen) atoms. The van der Waals surface area contributed by atoms with E-state index in [4.69, 9.17) is 4.74 Å². The molecule has 0 aromatic heterocycles. The molecular weight excluding hydrogens is 272 g/mol. The number of ether oxygens (including phenoxy) is 1. The predicted molar refractivity (Wildman–Crippen MR) is 88.8 cm³/mol. The minimum atomic E-state index is -0.199. The Hall–Kier alpha value is -1.83. The number of rotatable bonds is 0. The molecule has 2 aliphatic rings. The van der Waals surface area contributed by atoms with Gasteiger partial charge in [0, 0.05) is 0 Å². The number of hydrogen-bond donors (Lipinski definition) is 0. The van der Waals surface area contributed by atoms with Crippen molar-refractivity contribution in [3.8, 4) is 0 Å². The maximum absolute atomic E-state index is 12.6. The lowest BCUT2D eigenvalue weighted by atomic mass is 9.95. The van der Waals surface area contributed by atoms with Crippen molar-refractivity contribution in [2.24, 2.45) is 0 Å². The molecule has 2 nitrogen and oxygen atoms in total. The highest BCUT2D eigenvalue weighted by Crippen LogP contribution is 2.27. The lowest BCUT2D eigenvalue weighted by Crippen LogP contribution is -2.11. The fourth-order valence-electron chi connectivity index (χ4n) is 3.33. The van der Waals surface area contributed by atoms with Gasteiger partial charge in [-0.3, -0.25) is 0 Å². The molecular formula is C20H24O2. The quantitative estimate of drug-likeness (QED) is 0.610. The van der Waals surface area contributed by atoms with E-state index in [1.54, 1.807) is 0 Å². The van der Waals surface area contributed by atoms with E-state index in [2.05, 4.69) is 19.1 Å². The van der Waals surface area contributed by atoms with Crippen molar-refractivity contribution in [1.82, 2.24) is 0 Å². The van der Waals surface area contributed by atoms with E-state index >= 15 is 0 Å². The summed E-state index contributed by atoms with van der Waals surface area (Å²) in [6.45, 7) is 2.08. The van der Waals surface area contributed by atoms with Gasteiger partial charge in [0.2, 0.25) is 0 Å². The molecule has 1 aromatic carbocycles. The summed E-state index contributed by atoms with van der Waals surface area (Å²) < 4.78 is 5.75. The van der Waals surface area contributed by atoms with Crippen molar-refractivity contribution in [3.63, 3.8) is 0 Å². The normalized spacial score (nSPS) is 19.6. The Morgan fingerprint density at radius 2 is 1.82 bits per heavy atom. The second kappa shape index (κ2) is 6.95. The second-order valence-electron chi connectivity index (χ2n) is 6.37. The van der Waals surface area contributed by atoms with Crippen LogP contribution in [0.3, 0.4) is 0 Å². The van der Waals surface area contributed by atoms with Crippen molar-refractivity contribution in [3.05, 3.63) is 58.4 Å². The number of allylic oxidation sites excluding steroid dienone is 3. The largest absolute Gasteiger partial charge is 0.423 e. The van der Waals surface area contributed by atoms with Crippen molar-refractivity contribution < 1.29 is 9.53 Å². The number of carbonyl (C=O) groups excluding carboxylic acids is 1. The molecule has 0 fully saturated rings. The standard InChI is InChI=1S/C20H24O2/c1-15-12-13-18-17(14-15)10-5-3-2-4-8-16-9-6-7-11-19(16)22-20(18)21/h7,11-14H,2-6,8-10H2,1H3. The van der Waals surface area contributed by atoms with E-state index in [0.717, 1.165) is 49.0 Å². The van der Waals surface area contributed by atoms with Gasteiger partial charge in [0.15, 0.2) is 0 Å². The van der Waals surface area contributed by atoms with Gasteiger partial charge in [0.05, 0.1) is 5.56 Å². The van der Waals surface area contributed by atoms with Crippen LogP contribution in [-0.2, 0) is 11.2 Å². The van der Waals surface area contributed by atoms with Gasteiger partial charge in [-0.25, -0.2) is 4.79 Å². The molecule has 1 heterocycles. The van der Waals surface area contributed by atoms with Crippen LogP contribution in [0.15, 0.2) is 41.7 Å². The van der Waals surface area contributed by atoms with Crippen LogP contribution >= 0.6 is 0 Å². The fourth-order valence-corrected chi connectivity index (χ4v) is 3.33. The Morgan fingerprint density at radius 1 is 1.00 bits per heavy atom. The molecule has 1 aromatic rings. The molecule has 0 amide bonds. The molecule has 3 rings (SSSR count). The Kier molecular flexibility index (Phi) is 4.77. The summed E-state index contributed by atoms with van der Waals surface area (Å²) in [6.07, 6.45) is 13.1. The zero-order chi connectivity index (χ0) is 15.4. The Bertz CT molecular complexity index is 623. The summed E-state index contributed by atoms with van der Waals surface area (Å²) in [4.78, 5) is 12.6. The summed E-state index contributed by atoms with van der Waals surface area (Å²) in [5.74, 6) is 0.595. The molecule has 0 bridgehead atoms. The van der Waals surface area contributed by atoms with Crippen LogP contribution in [0, 0.1) is 6.92 Å². The molecule has 0 N–H and O–H groups in total. The Labute approximate surface area is 132 Å². The van der Waals surface area contributed by atoms with Crippen LogP contribution in [0.5, 0.6) is 0 Å². The van der Waals surface area contributed by atoms with Crippen LogP contribution in [-0.4, -0.2) is 5.97 Å². The second-order valence-corrected chi connectivity index (χ2v) is 6.37. The predicted octanol–water partition coefficient (Wildman–Crippen LogP) is 5.26. The smallest absolute Gasteiger partial charge is 0.343 e. The van der Waals surface area contributed by atoms with Gasteiger partial charge in [-0.2, -0.15) is 0 Å². The highest BCUT2D eigenvalue weighted by molar-refractivity contribution is 5.92. The molecule has 1 aliphatic heterocycles. The van der Waals surface area contributed by atoms with Gasteiger partial charge in [0.25, 0.3) is 0 Å². The average molecular weight is 296 g/mol. The molecule has 0 radical (unpaired) electrons. The minimum absolute atomic E-state index is 0.199. The summed E-state index contributed by atoms with van der Waals surface area (Å²) in [5, 5.41) is 0. The monoisotopic (exact) mass is 296 g/mol. The van der Waals surface area contributed by atoms with E-state index in [-0.39, 0.29) is 5.97 Å². The zero-order valence-corrected chi connectivity index (χ0v) is 13.4. The van der Waals surface area contributed by atoms with Gasteiger partial charge in [-0.05, 0) is 68.7 Å². The molecule has 1 aliphatic carbocycles. The lowest BCUT2D eigenvalue weighted by Gasteiger charge is -2.18. The fraction of sp³-hybridized carbons (Fsp3) is 0.450. The molecule has 2 heteroatoms. The summed E-state index contributed by atoms with van der Waals surface area (Å²) in [7, 11) is 0. The van der Waals surface area contributed by atoms with Gasteiger partial charge in [0.1, 0.15) is 5.76 Å². The van der Waals surface area contributed by atoms with E-state index in [1.165, 1.54) is 30.4 Å². The molecule has 116 valence electrons. The molecule has 0 saturated heterocycles. The van der Waals surface area contributed by atoms with E-state index in [0.29, 0.717) is 0 Å². The lowest BCUT2D eigenvalue weighted by molar-refractivity contribution is 0.0629. The Balaban J connectivity index is 1.93. The first-order chi connectivity index (χ1) is 10.7. The first-order valence-electron chi connectivity index (χ1n) is 8.44. The van der Waals surface area contributed by atoms with Gasteiger partial charge in [-0.15, -0.1) is 0 Å². The number of fused-ring (bicyclic) bond motifs is 1. The van der Waals surface area contributed by atoms with Crippen LogP contribution < -0.4 is 0 Å². The minimum Gasteiger partial charge on any atom is -0.423 e. The zero-order valence-electron chi connectivity index (χ0n) is 13.4. The number of carbonyl (C=O) groups is 1. The highest BCUT2D eigenvalue weighted by Gasteiger charge is 2.18.